The molecule has 0 spiro atoms. The second-order valence-electron chi connectivity index (χ2n) is 4.66. The number of rotatable bonds is 4. The van der Waals surface area contributed by atoms with Crippen LogP contribution in [0.4, 0.5) is 0 Å². The molecule has 1 atom stereocenters. The van der Waals surface area contributed by atoms with E-state index in [4.69, 9.17) is 10.5 Å². The van der Waals surface area contributed by atoms with E-state index in [0.29, 0.717) is 6.61 Å². The maximum absolute atomic E-state index is 5.97. The van der Waals surface area contributed by atoms with Gasteiger partial charge in [0.15, 0.2) is 0 Å². The quantitative estimate of drug-likeness (QED) is 0.940. The molecule has 4 nitrogen and oxygen atoms in total. The molecule has 2 aromatic rings. The van der Waals surface area contributed by atoms with Crippen LogP contribution in [0.15, 0.2) is 28.7 Å². The summed E-state index contributed by atoms with van der Waals surface area (Å²) in [5, 5.41) is 4.30. The highest BCUT2D eigenvalue weighted by atomic mass is 79.9. The van der Waals surface area contributed by atoms with Crippen LogP contribution < -0.4 is 10.5 Å². The molecule has 0 fully saturated rings. The van der Waals surface area contributed by atoms with Crippen molar-refractivity contribution in [3.05, 3.63) is 45.7 Å². The van der Waals surface area contributed by atoms with Crippen molar-refractivity contribution in [3.8, 4) is 5.75 Å². The third kappa shape index (κ3) is 3.36. The fourth-order valence-corrected chi connectivity index (χ4v) is 2.34. The van der Waals surface area contributed by atoms with Gasteiger partial charge in [0, 0.05) is 23.1 Å². The van der Waals surface area contributed by atoms with Crippen LogP contribution in [0.5, 0.6) is 5.75 Å². The first-order valence-corrected chi connectivity index (χ1v) is 6.94. The smallest absolute Gasteiger partial charge is 0.130 e. The molecule has 0 aliphatic carbocycles. The van der Waals surface area contributed by atoms with Crippen molar-refractivity contribution in [1.82, 2.24) is 9.78 Å². The SMILES string of the molecule is Cc1cc(COc2ccc(Br)cc2C(C)N)n(C)n1. The topological polar surface area (TPSA) is 53.1 Å². The van der Waals surface area contributed by atoms with Crippen molar-refractivity contribution in [1.29, 1.82) is 0 Å². The van der Waals surface area contributed by atoms with E-state index >= 15 is 0 Å². The number of halogens is 1. The minimum Gasteiger partial charge on any atom is -0.487 e. The van der Waals surface area contributed by atoms with Crippen molar-refractivity contribution >= 4 is 15.9 Å². The van der Waals surface area contributed by atoms with Gasteiger partial charge in [0.1, 0.15) is 12.4 Å². The lowest BCUT2D eigenvalue weighted by Crippen LogP contribution is -2.09. The molecule has 19 heavy (non-hydrogen) atoms. The summed E-state index contributed by atoms with van der Waals surface area (Å²) >= 11 is 3.45. The lowest BCUT2D eigenvalue weighted by Gasteiger charge is -2.14. The molecule has 0 saturated carbocycles. The number of aromatic nitrogens is 2. The van der Waals surface area contributed by atoms with Crippen LogP contribution in [-0.4, -0.2) is 9.78 Å². The predicted octanol–water partition coefficient (Wildman–Crippen LogP) is 3.09. The molecule has 2 N–H and O–H groups in total. The summed E-state index contributed by atoms with van der Waals surface area (Å²) in [6.07, 6.45) is 0. The van der Waals surface area contributed by atoms with Crippen molar-refractivity contribution in [2.75, 3.05) is 0 Å². The van der Waals surface area contributed by atoms with E-state index in [-0.39, 0.29) is 6.04 Å². The summed E-state index contributed by atoms with van der Waals surface area (Å²) in [5.74, 6) is 0.817. The minimum atomic E-state index is -0.0687. The fraction of sp³-hybridized carbons (Fsp3) is 0.357. The van der Waals surface area contributed by atoms with Crippen LogP contribution in [0, 0.1) is 6.92 Å². The first-order valence-electron chi connectivity index (χ1n) is 6.14. The summed E-state index contributed by atoms with van der Waals surface area (Å²) in [4.78, 5) is 0. The van der Waals surface area contributed by atoms with E-state index in [9.17, 15) is 0 Å². The number of hydrogen-bond donors (Lipinski definition) is 1. The van der Waals surface area contributed by atoms with Gasteiger partial charge in [0.25, 0.3) is 0 Å². The van der Waals surface area contributed by atoms with Gasteiger partial charge in [-0.1, -0.05) is 15.9 Å². The Morgan fingerprint density at radius 1 is 1.42 bits per heavy atom. The Bertz CT molecular complexity index is 578. The Morgan fingerprint density at radius 2 is 2.16 bits per heavy atom. The van der Waals surface area contributed by atoms with Gasteiger partial charge in [-0.3, -0.25) is 4.68 Å². The van der Waals surface area contributed by atoms with Gasteiger partial charge in [-0.15, -0.1) is 0 Å². The zero-order valence-corrected chi connectivity index (χ0v) is 12.9. The lowest BCUT2D eigenvalue weighted by atomic mass is 10.1. The molecular formula is C14H18BrN3O. The first-order chi connectivity index (χ1) is 8.97. The molecule has 1 aromatic heterocycles. The molecule has 0 bridgehead atoms. The normalized spacial score (nSPS) is 12.5. The van der Waals surface area contributed by atoms with Gasteiger partial charge in [-0.2, -0.15) is 5.10 Å². The molecular weight excluding hydrogens is 306 g/mol. The number of nitrogens with two attached hydrogens (primary N) is 1. The zero-order chi connectivity index (χ0) is 14.0. The van der Waals surface area contributed by atoms with Crippen LogP contribution in [0.25, 0.3) is 0 Å². The van der Waals surface area contributed by atoms with Crippen LogP contribution in [0.3, 0.4) is 0 Å². The molecule has 0 amide bonds. The van der Waals surface area contributed by atoms with E-state index in [0.717, 1.165) is 27.2 Å². The fourth-order valence-electron chi connectivity index (χ4n) is 1.96. The van der Waals surface area contributed by atoms with Crippen LogP contribution in [0.2, 0.25) is 0 Å². The van der Waals surface area contributed by atoms with E-state index in [2.05, 4.69) is 21.0 Å². The largest absolute Gasteiger partial charge is 0.487 e. The van der Waals surface area contributed by atoms with Gasteiger partial charge >= 0.3 is 0 Å². The average molecular weight is 324 g/mol. The van der Waals surface area contributed by atoms with Crippen molar-refractivity contribution in [3.63, 3.8) is 0 Å². The summed E-state index contributed by atoms with van der Waals surface area (Å²) < 4.78 is 8.71. The molecule has 0 saturated heterocycles. The third-order valence-electron chi connectivity index (χ3n) is 2.94. The van der Waals surface area contributed by atoms with Crippen LogP contribution in [-0.2, 0) is 13.7 Å². The molecule has 0 aliphatic heterocycles. The van der Waals surface area contributed by atoms with Gasteiger partial charge in [-0.25, -0.2) is 0 Å². The van der Waals surface area contributed by atoms with Gasteiger partial charge in [-0.05, 0) is 38.1 Å². The number of ether oxygens (including phenoxy) is 1. The molecule has 1 heterocycles. The first kappa shape index (κ1) is 14.1. The van der Waals surface area contributed by atoms with Gasteiger partial charge in [0.05, 0.1) is 11.4 Å². The lowest BCUT2D eigenvalue weighted by molar-refractivity contribution is 0.290. The molecule has 2 rings (SSSR count). The number of hydrogen-bond acceptors (Lipinski definition) is 3. The van der Waals surface area contributed by atoms with Gasteiger partial charge in [0.2, 0.25) is 0 Å². The van der Waals surface area contributed by atoms with E-state index in [1.807, 2.05) is 49.8 Å². The van der Waals surface area contributed by atoms with E-state index in [1.54, 1.807) is 0 Å². The summed E-state index contributed by atoms with van der Waals surface area (Å²) in [6, 6.07) is 7.83. The maximum Gasteiger partial charge on any atom is 0.130 e. The Hall–Kier alpha value is -1.33. The number of aryl methyl sites for hydroxylation is 2. The second-order valence-corrected chi connectivity index (χ2v) is 5.58. The second kappa shape index (κ2) is 5.75. The maximum atomic E-state index is 5.97. The Morgan fingerprint density at radius 3 is 2.74 bits per heavy atom. The van der Waals surface area contributed by atoms with Crippen LogP contribution in [0.1, 0.15) is 29.9 Å². The monoisotopic (exact) mass is 323 g/mol. The van der Waals surface area contributed by atoms with Crippen molar-refractivity contribution in [2.24, 2.45) is 12.8 Å². The Labute approximate surface area is 121 Å². The van der Waals surface area contributed by atoms with E-state index in [1.165, 1.54) is 0 Å². The molecule has 5 heteroatoms. The highest BCUT2D eigenvalue weighted by Gasteiger charge is 2.10. The van der Waals surface area contributed by atoms with E-state index < -0.39 is 0 Å². The molecule has 1 unspecified atom stereocenters. The third-order valence-corrected chi connectivity index (χ3v) is 3.43. The van der Waals surface area contributed by atoms with Gasteiger partial charge < -0.3 is 10.5 Å². The number of benzene rings is 1. The summed E-state index contributed by atoms with van der Waals surface area (Å²) in [6.45, 7) is 4.40. The Kier molecular flexibility index (Phi) is 4.27. The molecule has 102 valence electrons. The molecule has 1 aromatic carbocycles. The Balaban J connectivity index is 2.17. The summed E-state index contributed by atoms with van der Waals surface area (Å²) in [7, 11) is 1.92. The molecule has 0 radical (unpaired) electrons. The average Bonchev–Trinajstić information content (AvgIpc) is 2.66. The van der Waals surface area contributed by atoms with Crippen molar-refractivity contribution < 1.29 is 4.74 Å². The van der Waals surface area contributed by atoms with Crippen LogP contribution >= 0.6 is 15.9 Å². The predicted molar refractivity (Wildman–Crippen MR) is 79.0 cm³/mol. The minimum absolute atomic E-state index is 0.0687. The molecule has 0 aliphatic rings. The summed E-state index contributed by atoms with van der Waals surface area (Å²) in [5.41, 5.74) is 8.99. The standard InChI is InChI=1S/C14H18BrN3O/c1-9-6-12(18(3)17-9)8-19-14-5-4-11(15)7-13(14)10(2)16/h4-7,10H,8,16H2,1-3H3. The highest BCUT2D eigenvalue weighted by molar-refractivity contribution is 9.10. The number of nitrogens with zero attached hydrogens (tertiary/aromatic N) is 2. The zero-order valence-electron chi connectivity index (χ0n) is 11.4. The highest BCUT2D eigenvalue weighted by Crippen LogP contribution is 2.28. The van der Waals surface area contributed by atoms with Crippen molar-refractivity contribution in [2.45, 2.75) is 26.5 Å².